The topological polar surface area (TPSA) is 16.4 Å². The minimum Gasteiger partial charge on any atom is -0.456 e. The van der Waals surface area contributed by atoms with Crippen LogP contribution in [0.2, 0.25) is 0 Å². The Morgan fingerprint density at radius 2 is 0.855 bits per heavy atom. The molecule has 0 amide bonds. The molecule has 10 rings (SSSR count). The van der Waals surface area contributed by atoms with Crippen molar-refractivity contribution < 1.29 is 4.42 Å². The molecule has 2 nitrogen and oxygen atoms in total. The van der Waals surface area contributed by atoms with Crippen molar-refractivity contribution in [2.24, 2.45) is 0 Å². The lowest BCUT2D eigenvalue weighted by molar-refractivity contribution is 0.629. The maximum atomic E-state index is 6.29. The van der Waals surface area contributed by atoms with Crippen LogP contribution < -0.4 is 4.90 Å². The van der Waals surface area contributed by atoms with Crippen LogP contribution in [0, 0.1) is 6.92 Å². The highest BCUT2D eigenvalue weighted by atomic mass is 16.3. The molecule has 0 unspecified atom stereocenters. The molecule has 0 bridgehead atoms. The quantitative estimate of drug-likeness (QED) is 0.154. The largest absolute Gasteiger partial charge is 0.456 e. The predicted molar refractivity (Wildman–Crippen MR) is 232 cm³/mol. The van der Waals surface area contributed by atoms with Crippen LogP contribution in [0.25, 0.3) is 77.2 Å². The van der Waals surface area contributed by atoms with Crippen molar-refractivity contribution in [3.05, 3.63) is 212 Å². The van der Waals surface area contributed by atoms with Crippen molar-refractivity contribution in [3.8, 4) is 44.7 Å². The molecule has 260 valence electrons. The van der Waals surface area contributed by atoms with Crippen molar-refractivity contribution in [2.75, 3.05) is 4.90 Å². The lowest BCUT2D eigenvalue weighted by atomic mass is 9.97. The number of nitrogens with zero attached hydrogens (tertiary/aromatic N) is 1. The van der Waals surface area contributed by atoms with Gasteiger partial charge in [0.15, 0.2) is 0 Å². The molecular formula is C53H37NO. The van der Waals surface area contributed by atoms with Crippen molar-refractivity contribution in [1.29, 1.82) is 0 Å². The van der Waals surface area contributed by atoms with Gasteiger partial charge in [-0.25, -0.2) is 0 Å². The van der Waals surface area contributed by atoms with Gasteiger partial charge in [-0.1, -0.05) is 158 Å². The summed E-state index contributed by atoms with van der Waals surface area (Å²) in [5.41, 5.74) is 13.6. The maximum absolute atomic E-state index is 6.29. The van der Waals surface area contributed by atoms with Crippen LogP contribution >= 0.6 is 0 Å². The van der Waals surface area contributed by atoms with E-state index < -0.39 is 0 Å². The van der Waals surface area contributed by atoms with E-state index >= 15 is 0 Å². The zero-order valence-electron chi connectivity index (χ0n) is 30.5. The van der Waals surface area contributed by atoms with E-state index in [1.165, 1.54) is 54.9 Å². The van der Waals surface area contributed by atoms with E-state index in [-0.39, 0.29) is 0 Å². The molecule has 0 spiro atoms. The fourth-order valence-corrected chi connectivity index (χ4v) is 7.99. The molecule has 1 aromatic heterocycles. The molecule has 0 radical (unpaired) electrons. The van der Waals surface area contributed by atoms with Gasteiger partial charge in [0, 0.05) is 33.6 Å². The van der Waals surface area contributed by atoms with Crippen LogP contribution in [0.4, 0.5) is 17.1 Å². The van der Waals surface area contributed by atoms with Crippen LogP contribution in [0.1, 0.15) is 5.56 Å². The molecule has 0 N–H and O–H groups in total. The first-order valence-corrected chi connectivity index (χ1v) is 18.8. The second-order valence-corrected chi connectivity index (χ2v) is 14.2. The minimum absolute atomic E-state index is 0.922. The van der Waals surface area contributed by atoms with Gasteiger partial charge < -0.3 is 9.32 Å². The molecule has 0 aliphatic carbocycles. The van der Waals surface area contributed by atoms with Gasteiger partial charge in [-0.3, -0.25) is 0 Å². The highest BCUT2D eigenvalue weighted by molar-refractivity contribution is 6.08. The van der Waals surface area contributed by atoms with Gasteiger partial charge in [0.25, 0.3) is 0 Å². The first-order chi connectivity index (χ1) is 27.2. The molecule has 9 aromatic carbocycles. The molecular weight excluding hydrogens is 667 g/mol. The van der Waals surface area contributed by atoms with Gasteiger partial charge in [0.2, 0.25) is 0 Å². The van der Waals surface area contributed by atoms with E-state index in [1.807, 2.05) is 12.1 Å². The van der Waals surface area contributed by atoms with Crippen molar-refractivity contribution in [2.45, 2.75) is 6.92 Å². The van der Waals surface area contributed by atoms with Crippen LogP contribution in [0.5, 0.6) is 0 Å². The van der Waals surface area contributed by atoms with Crippen LogP contribution in [-0.2, 0) is 0 Å². The number of benzene rings is 9. The summed E-state index contributed by atoms with van der Waals surface area (Å²) in [5, 5.41) is 6.16. The Kier molecular flexibility index (Phi) is 8.08. The number of aryl methyl sites for hydroxylation is 1. The van der Waals surface area contributed by atoms with E-state index in [9.17, 15) is 0 Å². The van der Waals surface area contributed by atoms with Crippen molar-refractivity contribution in [3.63, 3.8) is 0 Å². The van der Waals surface area contributed by atoms with Gasteiger partial charge in [-0.2, -0.15) is 0 Å². The highest BCUT2D eigenvalue weighted by Gasteiger charge is 2.16. The lowest BCUT2D eigenvalue weighted by Gasteiger charge is -2.27. The standard InChI is InChI=1S/C53H37NO/c1-36-49-18-7-8-20-52(49)55-53(36)45-16-9-14-42(33-45)40-23-21-38(22-24-40)39-27-29-46(30-28-39)54(47-17-10-15-43(34-47)37-11-3-2-4-12-37)48-31-32-51-44(35-48)26-25-41-13-5-6-19-50(41)51/h2-35H,1H3. The van der Waals surface area contributed by atoms with E-state index in [2.05, 4.69) is 206 Å². The zero-order valence-corrected chi connectivity index (χ0v) is 30.5. The second kappa shape index (κ2) is 13.7. The van der Waals surface area contributed by atoms with E-state index in [4.69, 9.17) is 4.42 Å². The van der Waals surface area contributed by atoms with Gasteiger partial charge >= 0.3 is 0 Å². The number of rotatable bonds is 7. The average Bonchev–Trinajstić information content (AvgIpc) is 3.60. The first-order valence-electron chi connectivity index (χ1n) is 18.8. The number of para-hydroxylation sites is 1. The number of anilines is 3. The molecule has 1 heterocycles. The van der Waals surface area contributed by atoms with E-state index in [1.54, 1.807) is 0 Å². The SMILES string of the molecule is Cc1c(-c2cccc(-c3ccc(-c4ccc(N(c5cccc(-c6ccccc6)c5)c5ccc6c(ccc7ccccc76)c5)cc4)cc3)c2)oc2ccccc12. The molecule has 0 saturated heterocycles. The normalized spacial score (nSPS) is 11.4. The first kappa shape index (κ1) is 32.5. The fourth-order valence-electron chi connectivity index (χ4n) is 7.99. The predicted octanol–water partition coefficient (Wildman–Crippen LogP) is 15.2. The molecule has 2 heteroatoms. The summed E-state index contributed by atoms with van der Waals surface area (Å²) in [4.78, 5) is 2.37. The van der Waals surface area contributed by atoms with Crippen molar-refractivity contribution in [1.82, 2.24) is 0 Å². The van der Waals surface area contributed by atoms with Crippen LogP contribution in [-0.4, -0.2) is 0 Å². The second-order valence-electron chi connectivity index (χ2n) is 14.2. The number of fused-ring (bicyclic) bond motifs is 4. The summed E-state index contributed by atoms with van der Waals surface area (Å²) in [6.45, 7) is 2.14. The van der Waals surface area contributed by atoms with Crippen LogP contribution in [0.15, 0.2) is 211 Å². The third-order valence-corrected chi connectivity index (χ3v) is 10.8. The molecule has 0 aliphatic rings. The summed E-state index contributed by atoms with van der Waals surface area (Å²) >= 11 is 0. The summed E-state index contributed by atoms with van der Waals surface area (Å²) < 4.78 is 6.29. The van der Waals surface area contributed by atoms with Gasteiger partial charge in [-0.05, 0) is 110 Å². The van der Waals surface area contributed by atoms with Gasteiger partial charge in [0.1, 0.15) is 11.3 Å². The molecule has 0 fully saturated rings. The number of furan rings is 1. The highest BCUT2D eigenvalue weighted by Crippen LogP contribution is 2.40. The Bertz CT molecular complexity index is 2970. The maximum Gasteiger partial charge on any atom is 0.138 e. The molecule has 55 heavy (non-hydrogen) atoms. The van der Waals surface area contributed by atoms with Gasteiger partial charge in [-0.15, -0.1) is 0 Å². The van der Waals surface area contributed by atoms with E-state index in [0.717, 1.165) is 44.9 Å². The molecule has 0 atom stereocenters. The minimum atomic E-state index is 0.922. The summed E-state index contributed by atoms with van der Waals surface area (Å²) in [5.74, 6) is 0.929. The third-order valence-electron chi connectivity index (χ3n) is 10.8. The van der Waals surface area contributed by atoms with Gasteiger partial charge in [0.05, 0.1) is 0 Å². The van der Waals surface area contributed by atoms with E-state index in [0.29, 0.717) is 0 Å². The monoisotopic (exact) mass is 703 g/mol. The fraction of sp³-hybridized carbons (Fsp3) is 0.0189. The Morgan fingerprint density at radius 1 is 0.327 bits per heavy atom. The van der Waals surface area contributed by atoms with Crippen molar-refractivity contribution >= 4 is 49.6 Å². The number of hydrogen-bond acceptors (Lipinski definition) is 2. The lowest BCUT2D eigenvalue weighted by Crippen LogP contribution is -2.10. The average molecular weight is 704 g/mol. The third kappa shape index (κ3) is 6.04. The smallest absolute Gasteiger partial charge is 0.138 e. The van der Waals surface area contributed by atoms with Crippen LogP contribution in [0.3, 0.4) is 0 Å². The Labute approximate surface area is 321 Å². The Balaban J connectivity index is 0.988. The summed E-state index contributed by atoms with van der Waals surface area (Å²) in [6, 6.07) is 74.0. The summed E-state index contributed by atoms with van der Waals surface area (Å²) in [7, 11) is 0. The number of hydrogen-bond donors (Lipinski definition) is 0. The Hall–Kier alpha value is -7.16. The summed E-state index contributed by atoms with van der Waals surface area (Å²) in [6.07, 6.45) is 0. The zero-order chi connectivity index (χ0) is 36.7. The Morgan fingerprint density at radius 3 is 1.64 bits per heavy atom. The molecule has 10 aromatic rings. The molecule has 0 aliphatic heterocycles. The molecule has 0 saturated carbocycles.